The molecule has 0 amide bonds. The number of methoxy groups -OCH3 is 2. The van der Waals surface area contributed by atoms with Crippen molar-refractivity contribution in [1.82, 2.24) is 0 Å². The number of benzene rings is 9. The van der Waals surface area contributed by atoms with Crippen LogP contribution in [0.15, 0.2) is 249 Å². The van der Waals surface area contributed by atoms with E-state index >= 15 is 0 Å². The van der Waals surface area contributed by atoms with Crippen LogP contribution in [-0.2, 0) is 21.8 Å². The zero-order chi connectivity index (χ0) is 58.9. The van der Waals surface area contributed by atoms with Crippen LogP contribution in [0, 0.1) is 0 Å². The Morgan fingerprint density at radius 1 is 0.378 bits per heavy atom. The number of ether oxygens (including phenoxy) is 2. The van der Waals surface area contributed by atoms with Crippen molar-refractivity contribution in [1.29, 1.82) is 0 Å². The second-order valence-electron chi connectivity index (χ2n) is 18.0. The quantitative estimate of drug-likeness (QED) is 0.0304. The first-order valence-electron chi connectivity index (χ1n) is 25.1. The molecule has 0 bridgehead atoms. The minimum absolute atomic E-state index is 0.0732. The molecule has 0 fully saturated rings. The third-order valence-corrected chi connectivity index (χ3v) is 21.6. The zero-order valence-electron chi connectivity index (χ0n) is 44.0. The van der Waals surface area contributed by atoms with E-state index in [1.54, 1.807) is 48.5 Å². The summed E-state index contributed by atoms with van der Waals surface area (Å²) in [6.45, 7) is 0. The van der Waals surface area contributed by atoms with E-state index in [1.807, 2.05) is 109 Å². The van der Waals surface area contributed by atoms with Gasteiger partial charge in [-0.3, -0.25) is 9.59 Å². The van der Waals surface area contributed by atoms with E-state index < -0.39 is 63.0 Å². The first-order valence-corrected chi connectivity index (χ1v) is 29.1. The first-order chi connectivity index (χ1) is 39.3. The molecule has 0 aliphatic carbocycles. The Bertz CT molecular complexity index is 3140. The molecule has 0 saturated carbocycles. The summed E-state index contributed by atoms with van der Waals surface area (Å²) in [7, 11) is -5.02. The number of rotatable bonds is 16. The van der Waals surface area contributed by atoms with Gasteiger partial charge in [-0.2, -0.15) is 26.3 Å². The smallest absolute Gasteiger partial charge is 0.416 e. The van der Waals surface area contributed by atoms with Gasteiger partial charge in [0.1, 0.15) is 66.0 Å². The highest BCUT2D eigenvalue weighted by molar-refractivity contribution is 7.96. The van der Waals surface area contributed by atoms with Crippen molar-refractivity contribution in [3.8, 4) is 5.75 Å². The van der Waals surface area contributed by atoms with Gasteiger partial charge >= 0.3 is 24.3 Å². The lowest BCUT2D eigenvalue weighted by Crippen LogP contribution is -2.50. The van der Waals surface area contributed by atoms with E-state index in [4.69, 9.17) is 9.47 Å². The lowest BCUT2D eigenvalue weighted by molar-refractivity contribution is -0.372. The zero-order valence-corrected chi connectivity index (χ0v) is 45.8. The van der Waals surface area contributed by atoms with Crippen molar-refractivity contribution in [3.05, 3.63) is 282 Å². The molecule has 9 nitrogen and oxygen atoms in total. The first kappa shape index (κ1) is 61.1. The topological polar surface area (TPSA) is 142 Å². The number of ketones is 2. The number of carbonyl (C=O) groups is 4. The molecule has 0 aromatic heterocycles. The largest absolute Gasteiger partial charge is 0.860 e. The number of carbonyl (C=O) groups excluding carboxylic acids is 4. The van der Waals surface area contributed by atoms with E-state index in [0.29, 0.717) is 22.3 Å². The third kappa shape index (κ3) is 14.7. The molecule has 0 spiro atoms. The molecule has 18 heteroatoms. The van der Waals surface area contributed by atoms with E-state index in [1.165, 1.54) is 14.2 Å². The van der Waals surface area contributed by atoms with Crippen LogP contribution in [0.4, 0.5) is 26.3 Å². The SMILES string of the molecule is COC(=O)c1ccccc1C(=O)C[P+](c1ccccc1)(c1ccccc1)c1ccccc1.COC(=O)c1ccccc1C(=O)C[P+](c1ccccc1)(c1ccccc1)c1ccccc1.[O-]B([O-])Oc1cc(C(F)(F)F)cc(C(F)(F)F)c1. The van der Waals surface area contributed by atoms with Crippen molar-refractivity contribution in [2.45, 2.75) is 12.4 Å². The van der Waals surface area contributed by atoms with Crippen LogP contribution in [0.3, 0.4) is 0 Å². The second-order valence-corrected chi connectivity index (χ2v) is 25.0. The highest BCUT2D eigenvalue weighted by atomic mass is 31.2. The number of alkyl halides is 6. The third-order valence-electron chi connectivity index (χ3n) is 13.0. The van der Waals surface area contributed by atoms with Crippen molar-refractivity contribution in [3.63, 3.8) is 0 Å². The number of hydrogen-bond donors (Lipinski definition) is 0. The van der Waals surface area contributed by atoms with Gasteiger partial charge < -0.3 is 24.2 Å². The van der Waals surface area contributed by atoms with Crippen molar-refractivity contribution < 1.29 is 69.7 Å². The van der Waals surface area contributed by atoms with Gasteiger partial charge in [0.2, 0.25) is 11.6 Å². The molecular weight excluding hydrogens is 1100 g/mol. The van der Waals surface area contributed by atoms with Gasteiger partial charge in [0.25, 0.3) is 0 Å². The Hall–Kier alpha value is -8.52. The van der Waals surface area contributed by atoms with Crippen molar-refractivity contribution in [2.24, 2.45) is 0 Å². The van der Waals surface area contributed by atoms with E-state index in [0.717, 1.165) is 31.8 Å². The summed E-state index contributed by atoms with van der Waals surface area (Å²) in [6.07, 6.45) is -9.56. The fraction of sp³-hybridized carbons (Fsp3) is 0.0938. The van der Waals surface area contributed by atoms with Gasteiger partial charge in [-0.15, -0.1) is 0 Å². The fourth-order valence-electron chi connectivity index (χ4n) is 9.27. The highest BCUT2D eigenvalue weighted by Gasteiger charge is 2.49. The number of halogens is 6. The predicted octanol–water partition coefficient (Wildman–Crippen LogP) is 10.1. The molecule has 0 aliphatic rings. The van der Waals surface area contributed by atoms with Crippen LogP contribution in [-0.4, -0.2) is 57.4 Å². The molecule has 0 aliphatic heterocycles. The Morgan fingerprint density at radius 2 is 0.610 bits per heavy atom. The summed E-state index contributed by atoms with van der Waals surface area (Å²) in [4.78, 5) is 52.4. The molecule has 0 heterocycles. The second kappa shape index (κ2) is 27.8. The Kier molecular flexibility index (Phi) is 20.7. The molecule has 0 unspecified atom stereocenters. The number of hydrogen-bond acceptors (Lipinski definition) is 9. The lowest BCUT2D eigenvalue weighted by atomic mass is 10.0. The van der Waals surface area contributed by atoms with Crippen LogP contribution in [0.2, 0.25) is 0 Å². The van der Waals surface area contributed by atoms with E-state index in [-0.39, 0.29) is 42.1 Å². The molecule has 0 atom stereocenters. The van der Waals surface area contributed by atoms with Crippen molar-refractivity contribution in [2.75, 3.05) is 26.5 Å². The number of Topliss-reactive ketones (excluding diaryl/α,β-unsaturated/α-hetero) is 2. The normalized spacial score (nSPS) is 11.3. The average Bonchev–Trinajstić information content (AvgIpc) is 3.62. The summed E-state index contributed by atoms with van der Waals surface area (Å²) in [5, 5.41) is 26.9. The van der Waals surface area contributed by atoms with Gasteiger partial charge in [-0.05, 0) is 103 Å². The minimum Gasteiger partial charge on any atom is -0.860 e. The van der Waals surface area contributed by atoms with Crippen molar-refractivity contribution >= 4 is 77.2 Å². The molecule has 0 N–H and O–H groups in total. The van der Waals surface area contributed by atoms with Gasteiger partial charge in [0.05, 0.1) is 42.2 Å². The fourth-order valence-corrected chi connectivity index (χ4v) is 17.4. The van der Waals surface area contributed by atoms with Gasteiger partial charge in [-0.25, -0.2) is 9.59 Å². The van der Waals surface area contributed by atoms with E-state index in [2.05, 4.69) is 77.5 Å². The van der Waals surface area contributed by atoms with Crippen LogP contribution >= 0.6 is 14.5 Å². The van der Waals surface area contributed by atoms with Crippen LogP contribution < -0.4 is 46.5 Å². The summed E-state index contributed by atoms with van der Waals surface area (Å²) in [6, 6.07) is 75.3. The molecule has 0 radical (unpaired) electrons. The summed E-state index contributed by atoms with van der Waals surface area (Å²) in [5.41, 5.74) is -1.93. The maximum atomic E-state index is 13.8. The minimum atomic E-state index is -5.05. The molecule has 9 aromatic rings. The molecule has 0 saturated heterocycles. The summed E-state index contributed by atoms with van der Waals surface area (Å²) in [5.74, 6) is -2.23. The molecule has 9 aromatic carbocycles. The van der Waals surface area contributed by atoms with Gasteiger partial charge in [-0.1, -0.05) is 146 Å². The Balaban J connectivity index is 0.000000185. The van der Waals surface area contributed by atoms with Crippen LogP contribution in [0.1, 0.15) is 52.6 Å². The molecular formula is C64H51BF6O9P2. The maximum Gasteiger partial charge on any atom is 0.416 e. The molecule has 9 rings (SSSR count). The van der Waals surface area contributed by atoms with E-state index in [9.17, 15) is 55.6 Å². The van der Waals surface area contributed by atoms with Gasteiger partial charge in [0.15, 0.2) is 0 Å². The lowest BCUT2D eigenvalue weighted by Gasteiger charge is -2.27. The predicted molar refractivity (Wildman–Crippen MR) is 307 cm³/mol. The van der Waals surface area contributed by atoms with Crippen LogP contribution in [0.5, 0.6) is 5.75 Å². The summed E-state index contributed by atoms with van der Waals surface area (Å²) >= 11 is 0. The monoisotopic (exact) mass is 1150 g/mol. The van der Waals surface area contributed by atoms with Crippen LogP contribution in [0.25, 0.3) is 0 Å². The average molecular weight is 1150 g/mol. The standard InChI is InChI=1S/2C28H24O3P.C8H3BF6O3/c2*1-31-28(30)26-20-12-11-19-25(26)27(29)21-32(22-13-5-2-6-14-22,23-15-7-3-8-16-23)24-17-9-4-10-18-24;10-7(11,12)4-1-5(8(13,14)15)3-6(2-4)18-9(16)17/h2*2-20H,21H2,1H3;1-3H/q2*+1;-2. The Morgan fingerprint density at radius 3 is 0.829 bits per heavy atom. The molecule has 416 valence electrons. The maximum absolute atomic E-state index is 13.8. The van der Waals surface area contributed by atoms with Gasteiger partial charge in [0, 0.05) is 11.1 Å². The highest BCUT2D eigenvalue weighted by Crippen LogP contribution is 2.57. The Labute approximate surface area is 471 Å². The summed E-state index contributed by atoms with van der Waals surface area (Å²) < 4.78 is 87.4. The molecule has 82 heavy (non-hydrogen) atoms. The number of esters is 2.